The Balaban J connectivity index is 2.16. The van der Waals surface area contributed by atoms with Crippen LogP contribution in [0.15, 0.2) is 53.0 Å². The lowest BCUT2D eigenvalue weighted by Crippen LogP contribution is -2.51. The van der Waals surface area contributed by atoms with E-state index < -0.39 is 6.04 Å². The second-order valence-corrected chi connectivity index (χ2v) is 10.9. The summed E-state index contributed by atoms with van der Waals surface area (Å²) in [5.74, 6) is 0.635. The van der Waals surface area contributed by atoms with Gasteiger partial charge in [0.15, 0.2) is 6.61 Å². The fourth-order valence-electron chi connectivity index (χ4n) is 3.63. The minimum absolute atomic E-state index is 0.0167. The molecular weight excluding hydrogens is 492 g/mol. The molecule has 34 heavy (non-hydrogen) atoms. The van der Waals surface area contributed by atoms with Crippen LogP contribution in [-0.4, -0.2) is 42.5 Å². The van der Waals surface area contributed by atoms with Gasteiger partial charge in [0.2, 0.25) is 5.91 Å². The maximum atomic E-state index is 13.3. The predicted octanol–water partition coefficient (Wildman–Crippen LogP) is 5.75. The number of nitrogens with zero attached hydrogens (tertiary/aromatic N) is 1. The molecule has 0 unspecified atom stereocenters. The zero-order chi connectivity index (χ0) is 25.3. The van der Waals surface area contributed by atoms with Crippen molar-refractivity contribution in [2.24, 2.45) is 5.92 Å². The summed E-state index contributed by atoms with van der Waals surface area (Å²) >= 11 is 3.57. The normalized spacial score (nSPS) is 12.4. The van der Waals surface area contributed by atoms with E-state index in [0.717, 1.165) is 10.0 Å². The smallest absolute Gasteiger partial charge is 0.261 e. The molecule has 0 saturated heterocycles. The third kappa shape index (κ3) is 8.46. The molecule has 0 aliphatic rings. The molecule has 1 atom stereocenters. The number of amides is 2. The van der Waals surface area contributed by atoms with Gasteiger partial charge >= 0.3 is 0 Å². The molecule has 0 heterocycles. The molecule has 2 amide bonds. The second-order valence-electron chi connectivity index (χ2n) is 10.1. The molecule has 0 fully saturated rings. The van der Waals surface area contributed by atoms with Gasteiger partial charge < -0.3 is 15.0 Å². The van der Waals surface area contributed by atoms with Gasteiger partial charge in [-0.3, -0.25) is 9.59 Å². The first-order valence-electron chi connectivity index (χ1n) is 12.1. The Labute approximate surface area is 213 Å². The summed E-state index contributed by atoms with van der Waals surface area (Å²) < 4.78 is 6.71. The zero-order valence-electron chi connectivity index (χ0n) is 21.4. The standard InChI is InChI=1S/C28H39BrN2O3/c1-7-24(27(33)30-18-20(2)3)31(16-15-21-11-9-8-10-12-21)26(32)19-34-25-14-13-22(17-23(25)29)28(4,5)6/h8-14,17,20,24H,7,15-16,18-19H2,1-6H3,(H,30,33)/t24-/m0/s1. The molecule has 0 radical (unpaired) electrons. The molecule has 0 spiro atoms. The summed E-state index contributed by atoms with van der Waals surface area (Å²) in [4.78, 5) is 27.9. The number of benzene rings is 2. The molecule has 0 bridgehead atoms. The number of halogens is 1. The Morgan fingerprint density at radius 2 is 1.76 bits per heavy atom. The van der Waals surface area contributed by atoms with Gasteiger partial charge in [-0.1, -0.05) is 77.9 Å². The number of carbonyl (C=O) groups is 2. The van der Waals surface area contributed by atoms with Crippen LogP contribution in [0.3, 0.4) is 0 Å². The van der Waals surface area contributed by atoms with Crippen LogP contribution >= 0.6 is 15.9 Å². The van der Waals surface area contributed by atoms with Crippen LogP contribution in [0.25, 0.3) is 0 Å². The number of rotatable bonds is 11. The summed E-state index contributed by atoms with van der Waals surface area (Å²) in [6, 6.07) is 15.4. The Morgan fingerprint density at radius 3 is 2.32 bits per heavy atom. The SMILES string of the molecule is CC[C@@H](C(=O)NCC(C)C)N(CCc1ccccc1)C(=O)COc1ccc(C(C)(C)C)cc1Br. The van der Waals surface area contributed by atoms with Crippen molar-refractivity contribution in [2.45, 2.75) is 65.8 Å². The van der Waals surface area contributed by atoms with Crippen molar-refractivity contribution in [1.29, 1.82) is 0 Å². The maximum absolute atomic E-state index is 13.3. The van der Waals surface area contributed by atoms with Crippen molar-refractivity contribution >= 4 is 27.7 Å². The number of nitrogens with one attached hydrogen (secondary N) is 1. The molecule has 0 saturated carbocycles. The second kappa shape index (κ2) is 12.9. The van der Waals surface area contributed by atoms with Crippen molar-refractivity contribution in [2.75, 3.05) is 19.7 Å². The highest BCUT2D eigenvalue weighted by molar-refractivity contribution is 9.10. The first-order valence-corrected chi connectivity index (χ1v) is 12.9. The van der Waals surface area contributed by atoms with Gasteiger partial charge in [-0.2, -0.15) is 0 Å². The van der Waals surface area contributed by atoms with Crippen molar-refractivity contribution < 1.29 is 14.3 Å². The number of carbonyl (C=O) groups excluding carboxylic acids is 2. The highest BCUT2D eigenvalue weighted by atomic mass is 79.9. The first-order chi connectivity index (χ1) is 16.0. The van der Waals surface area contributed by atoms with E-state index in [2.05, 4.69) is 55.9 Å². The van der Waals surface area contributed by atoms with Crippen LogP contribution in [-0.2, 0) is 21.4 Å². The first kappa shape index (κ1) is 27.9. The van der Waals surface area contributed by atoms with Crippen LogP contribution in [0.5, 0.6) is 5.75 Å². The summed E-state index contributed by atoms with van der Waals surface area (Å²) in [5, 5.41) is 2.99. The quantitative estimate of drug-likeness (QED) is 0.402. The maximum Gasteiger partial charge on any atom is 0.261 e. The molecule has 2 rings (SSSR count). The van der Waals surface area contributed by atoms with Crippen molar-refractivity contribution in [3.05, 3.63) is 64.1 Å². The fraction of sp³-hybridized carbons (Fsp3) is 0.500. The Kier molecular flexibility index (Phi) is 10.6. The molecule has 0 aliphatic heterocycles. The lowest BCUT2D eigenvalue weighted by Gasteiger charge is -2.31. The van der Waals surface area contributed by atoms with Crippen LogP contribution in [0.2, 0.25) is 0 Å². The lowest BCUT2D eigenvalue weighted by molar-refractivity contribution is -0.142. The van der Waals surface area contributed by atoms with Crippen molar-refractivity contribution in [1.82, 2.24) is 10.2 Å². The van der Waals surface area contributed by atoms with E-state index in [1.54, 1.807) is 4.90 Å². The van der Waals surface area contributed by atoms with E-state index in [1.807, 2.05) is 55.5 Å². The van der Waals surface area contributed by atoms with E-state index in [-0.39, 0.29) is 23.8 Å². The van der Waals surface area contributed by atoms with Gasteiger partial charge in [-0.25, -0.2) is 0 Å². The van der Waals surface area contributed by atoms with E-state index in [1.165, 1.54) is 5.56 Å². The Hall–Kier alpha value is -2.34. The van der Waals surface area contributed by atoms with Gasteiger partial charge in [0, 0.05) is 13.1 Å². The third-order valence-corrected chi connectivity index (χ3v) is 6.32. The molecule has 5 nitrogen and oxygen atoms in total. The predicted molar refractivity (Wildman–Crippen MR) is 142 cm³/mol. The minimum atomic E-state index is -0.537. The number of hydrogen-bond acceptors (Lipinski definition) is 3. The number of hydrogen-bond donors (Lipinski definition) is 1. The average molecular weight is 532 g/mol. The highest BCUT2D eigenvalue weighted by Gasteiger charge is 2.28. The largest absolute Gasteiger partial charge is 0.483 e. The van der Waals surface area contributed by atoms with Gasteiger partial charge in [0.05, 0.1) is 4.47 Å². The third-order valence-electron chi connectivity index (χ3n) is 5.70. The van der Waals surface area contributed by atoms with E-state index in [0.29, 0.717) is 37.6 Å². The van der Waals surface area contributed by atoms with Gasteiger partial charge in [-0.15, -0.1) is 0 Å². The van der Waals surface area contributed by atoms with E-state index in [9.17, 15) is 9.59 Å². The summed E-state index contributed by atoms with van der Waals surface area (Å²) in [5.41, 5.74) is 2.32. The van der Waals surface area contributed by atoms with Crippen molar-refractivity contribution in [3.8, 4) is 5.75 Å². The molecular formula is C28H39BrN2O3. The van der Waals surface area contributed by atoms with Gasteiger partial charge in [0.1, 0.15) is 11.8 Å². The van der Waals surface area contributed by atoms with Crippen LogP contribution in [0.4, 0.5) is 0 Å². The van der Waals surface area contributed by atoms with Gasteiger partial charge in [-0.05, 0) is 63.4 Å². The number of ether oxygens (including phenoxy) is 1. The zero-order valence-corrected chi connectivity index (χ0v) is 22.9. The van der Waals surface area contributed by atoms with Gasteiger partial charge in [0.25, 0.3) is 5.91 Å². The molecule has 0 aromatic heterocycles. The molecule has 1 N–H and O–H groups in total. The topological polar surface area (TPSA) is 58.6 Å². The monoisotopic (exact) mass is 530 g/mol. The lowest BCUT2D eigenvalue weighted by atomic mass is 9.87. The molecule has 2 aromatic carbocycles. The van der Waals surface area contributed by atoms with E-state index in [4.69, 9.17) is 4.74 Å². The molecule has 0 aliphatic carbocycles. The average Bonchev–Trinajstić information content (AvgIpc) is 2.79. The van der Waals surface area contributed by atoms with Crippen molar-refractivity contribution in [3.63, 3.8) is 0 Å². The summed E-state index contributed by atoms with van der Waals surface area (Å²) in [7, 11) is 0. The highest BCUT2D eigenvalue weighted by Crippen LogP contribution is 2.31. The van der Waals surface area contributed by atoms with E-state index >= 15 is 0 Å². The fourth-order valence-corrected chi connectivity index (χ4v) is 4.12. The van der Waals surface area contributed by atoms with Crippen LogP contribution in [0.1, 0.15) is 59.1 Å². The molecule has 2 aromatic rings. The Bertz CT molecular complexity index is 938. The van der Waals surface area contributed by atoms with Crippen LogP contribution in [0, 0.1) is 5.92 Å². The molecule has 6 heteroatoms. The summed E-state index contributed by atoms with van der Waals surface area (Å²) in [6.07, 6.45) is 1.21. The summed E-state index contributed by atoms with van der Waals surface area (Å²) in [6.45, 7) is 13.4. The minimum Gasteiger partial charge on any atom is -0.483 e. The molecule has 186 valence electrons. The van der Waals surface area contributed by atoms with Crippen LogP contribution < -0.4 is 10.1 Å². The Morgan fingerprint density at radius 1 is 1.09 bits per heavy atom.